The van der Waals surface area contributed by atoms with Crippen LogP contribution < -0.4 is 16.4 Å². The summed E-state index contributed by atoms with van der Waals surface area (Å²) in [6.07, 6.45) is 0. The van der Waals surface area contributed by atoms with Gasteiger partial charge in [-0.3, -0.25) is 4.79 Å². The van der Waals surface area contributed by atoms with Gasteiger partial charge in [0.2, 0.25) is 5.91 Å². The lowest BCUT2D eigenvalue weighted by Crippen LogP contribution is -2.10. The number of anilines is 2. The number of rotatable bonds is 3. The third-order valence-corrected chi connectivity index (χ3v) is 2.50. The molecular weight excluding hydrogens is 262 g/mol. The van der Waals surface area contributed by atoms with Crippen LogP contribution in [0, 0.1) is 0 Å². The Morgan fingerprint density at radius 3 is 1.81 bits per heavy atom. The zero-order valence-electron chi connectivity index (χ0n) is 13.2. The van der Waals surface area contributed by atoms with E-state index >= 15 is 0 Å². The van der Waals surface area contributed by atoms with Gasteiger partial charge in [0.15, 0.2) is 0 Å². The first-order valence-corrected chi connectivity index (χ1v) is 6.97. The standard InChI is InChI=1S/C8H10N2O.C7H9N.C2H6/c1-10-7-4-2-3-6(5-7)8(9)11;1-8-7-5-3-2-4-6-7;1-2/h2-5,10H,1H3,(H2,9,11);2-6,8H,1H3;1-2H3. The smallest absolute Gasteiger partial charge is 0.248 e. The minimum Gasteiger partial charge on any atom is -0.388 e. The van der Waals surface area contributed by atoms with Crippen LogP contribution in [0.2, 0.25) is 0 Å². The quantitative estimate of drug-likeness (QED) is 0.808. The third kappa shape index (κ3) is 7.62. The highest BCUT2D eigenvalue weighted by Gasteiger charge is 1.98. The first-order valence-electron chi connectivity index (χ1n) is 6.97. The van der Waals surface area contributed by atoms with Crippen LogP contribution in [0.5, 0.6) is 0 Å². The van der Waals surface area contributed by atoms with Crippen molar-refractivity contribution in [2.45, 2.75) is 13.8 Å². The largest absolute Gasteiger partial charge is 0.388 e. The highest BCUT2D eigenvalue weighted by atomic mass is 16.1. The molecule has 0 aliphatic rings. The van der Waals surface area contributed by atoms with Gasteiger partial charge >= 0.3 is 0 Å². The van der Waals surface area contributed by atoms with Crippen molar-refractivity contribution < 1.29 is 4.79 Å². The molecule has 4 heteroatoms. The van der Waals surface area contributed by atoms with E-state index in [0.29, 0.717) is 5.56 Å². The monoisotopic (exact) mass is 287 g/mol. The van der Waals surface area contributed by atoms with E-state index in [9.17, 15) is 4.79 Å². The number of primary amides is 1. The number of hydrogen-bond donors (Lipinski definition) is 3. The lowest BCUT2D eigenvalue weighted by atomic mass is 10.2. The Morgan fingerprint density at radius 1 is 0.857 bits per heavy atom. The summed E-state index contributed by atoms with van der Waals surface area (Å²) in [6.45, 7) is 4.00. The fourth-order valence-electron chi connectivity index (χ4n) is 1.43. The number of para-hydroxylation sites is 1. The molecule has 0 unspecified atom stereocenters. The Bertz CT molecular complexity index is 512. The summed E-state index contributed by atoms with van der Waals surface area (Å²) in [6, 6.07) is 17.1. The predicted molar refractivity (Wildman–Crippen MR) is 91.8 cm³/mol. The number of benzene rings is 2. The average Bonchev–Trinajstić information content (AvgIpc) is 2.58. The molecule has 0 heterocycles. The van der Waals surface area contributed by atoms with Crippen molar-refractivity contribution in [1.82, 2.24) is 0 Å². The van der Waals surface area contributed by atoms with Crippen molar-refractivity contribution in [1.29, 1.82) is 0 Å². The van der Waals surface area contributed by atoms with Crippen LogP contribution in [0.25, 0.3) is 0 Å². The zero-order chi connectivity index (χ0) is 16.1. The van der Waals surface area contributed by atoms with Crippen LogP contribution in [0.3, 0.4) is 0 Å². The fraction of sp³-hybridized carbons (Fsp3) is 0.235. The Labute approximate surface area is 127 Å². The van der Waals surface area contributed by atoms with Crippen molar-refractivity contribution in [3.8, 4) is 0 Å². The van der Waals surface area contributed by atoms with E-state index in [2.05, 4.69) is 10.6 Å². The van der Waals surface area contributed by atoms with E-state index < -0.39 is 5.91 Å². The van der Waals surface area contributed by atoms with Gasteiger partial charge in [-0.1, -0.05) is 38.1 Å². The summed E-state index contributed by atoms with van der Waals surface area (Å²) in [5, 5.41) is 5.94. The minimum atomic E-state index is -0.401. The Balaban J connectivity index is 0.000000354. The summed E-state index contributed by atoms with van der Waals surface area (Å²) in [7, 11) is 3.70. The van der Waals surface area contributed by atoms with Gasteiger partial charge in [0.1, 0.15) is 0 Å². The lowest BCUT2D eigenvalue weighted by molar-refractivity contribution is 0.100. The summed E-state index contributed by atoms with van der Waals surface area (Å²) < 4.78 is 0. The van der Waals surface area contributed by atoms with E-state index in [1.54, 1.807) is 25.2 Å². The molecule has 0 saturated heterocycles. The molecule has 0 saturated carbocycles. The normalized spacial score (nSPS) is 8.38. The SMILES string of the molecule is CC.CNc1cccc(C(N)=O)c1.CNc1ccccc1. The Hall–Kier alpha value is -2.49. The summed E-state index contributed by atoms with van der Waals surface area (Å²) >= 11 is 0. The van der Waals surface area contributed by atoms with Gasteiger partial charge in [0.25, 0.3) is 0 Å². The van der Waals surface area contributed by atoms with Gasteiger partial charge in [-0.15, -0.1) is 0 Å². The maximum atomic E-state index is 10.7. The van der Waals surface area contributed by atoms with Crippen molar-refractivity contribution >= 4 is 17.3 Å². The van der Waals surface area contributed by atoms with Crippen LogP contribution >= 0.6 is 0 Å². The second kappa shape index (κ2) is 11.3. The average molecular weight is 287 g/mol. The van der Waals surface area contributed by atoms with E-state index in [1.807, 2.05) is 57.3 Å². The van der Waals surface area contributed by atoms with Gasteiger partial charge in [0, 0.05) is 31.0 Å². The highest BCUT2D eigenvalue weighted by Crippen LogP contribution is 2.08. The molecule has 4 N–H and O–H groups in total. The number of carbonyl (C=O) groups is 1. The van der Waals surface area contributed by atoms with E-state index in [4.69, 9.17) is 5.73 Å². The van der Waals surface area contributed by atoms with Crippen molar-refractivity contribution in [2.24, 2.45) is 5.73 Å². The number of amides is 1. The molecular formula is C17H25N3O. The van der Waals surface area contributed by atoms with Gasteiger partial charge in [-0.2, -0.15) is 0 Å². The van der Waals surface area contributed by atoms with Crippen molar-refractivity contribution in [2.75, 3.05) is 24.7 Å². The van der Waals surface area contributed by atoms with Crippen molar-refractivity contribution in [3.05, 3.63) is 60.2 Å². The summed E-state index contributed by atoms with van der Waals surface area (Å²) in [5.41, 5.74) is 7.65. The lowest BCUT2D eigenvalue weighted by Gasteiger charge is -2.00. The first-order chi connectivity index (χ1) is 10.2. The maximum Gasteiger partial charge on any atom is 0.248 e. The molecule has 4 nitrogen and oxygen atoms in total. The number of nitrogens with one attached hydrogen (secondary N) is 2. The molecule has 0 fully saturated rings. The second-order valence-corrected chi connectivity index (χ2v) is 3.81. The molecule has 0 atom stereocenters. The molecule has 0 spiro atoms. The number of carbonyl (C=O) groups excluding carboxylic acids is 1. The van der Waals surface area contributed by atoms with Crippen LogP contribution in [-0.4, -0.2) is 20.0 Å². The topological polar surface area (TPSA) is 67.1 Å². The van der Waals surface area contributed by atoms with E-state index in [-0.39, 0.29) is 0 Å². The molecule has 2 aromatic rings. The molecule has 0 aliphatic carbocycles. The molecule has 1 amide bonds. The van der Waals surface area contributed by atoms with Gasteiger partial charge in [-0.05, 0) is 30.3 Å². The maximum absolute atomic E-state index is 10.7. The highest BCUT2D eigenvalue weighted by molar-refractivity contribution is 5.93. The fourth-order valence-corrected chi connectivity index (χ4v) is 1.43. The van der Waals surface area contributed by atoms with Gasteiger partial charge in [-0.25, -0.2) is 0 Å². The Kier molecular flexibility index (Phi) is 10.0. The molecule has 2 rings (SSSR count). The van der Waals surface area contributed by atoms with Gasteiger partial charge in [0.05, 0.1) is 0 Å². The third-order valence-electron chi connectivity index (χ3n) is 2.50. The van der Waals surface area contributed by atoms with Crippen molar-refractivity contribution in [3.63, 3.8) is 0 Å². The zero-order valence-corrected chi connectivity index (χ0v) is 13.2. The number of hydrogen-bond acceptors (Lipinski definition) is 3. The molecule has 21 heavy (non-hydrogen) atoms. The molecule has 114 valence electrons. The van der Waals surface area contributed by atoms with Crippen LogP contribution in [0.15, 0.2) is 54.6 Å². The predicted octanol–water partition coefficient (Wildman–Crippen LogP) is 3.58. The molecule has 0 bridgehead atoms. The van der Waals surface area contributed by atoms with E-state index in [0.717, 1.165) is 11.4 Å². The second-order valence-electron chi connectivity index (χ2n) is 3.81. The molecule has 0 aromatic heterocycles. The first kappa shape index (κ1) is 18.5. The molecule has 2 aromatic carbocycles. The van der Waals surface area contributed by atoms with Crippen LogP contribution in [0.4, 0.5) is 11.4 Å². The van der Waals surface area contributed by atoms with Crippen LogP contribution in [-0.2, 0) is 0 Å². The summed E-state index contributed by atoms with van der Waals surface area (Å²) in [4.78, 5) is 10.7. The molecule has 0 aliphatic heterocycles. The van der Waals surface area contributed by atoms with Crippen LogP contribution in [0.1, 0.15) is 24.2 Å². The Morgan fingerprint density at radius 2 is 1.38 bits per heavy atom. The molecule has 0 radical (unpaired) electrons. The van der Waals surface area contributed by atoms with E-state index in [1.165, 1.54) is 0 Å². The number of nitrogens with two attached hydrogens (primary N) is 1. The van der Waals surface area contributed by atoms with Gasteiger partial charge < -0.3 is 16.4 Å². The summed E-state index contributed by atoms with van der Waals surface area (Å²) in [5.74, 6) is -0.401. The minimum absolute atomic E-state index is 0.401.